The second-order valence-corrected chi connectivity index (χ2v) is 7.64. The number of methoxy groups -OCH3 is 1. The van der Waals surface area contributed by atoms with Gasteiger partial charge in [-0.15, -0.1) is 0 Å². The van der Waals surface area contributed by atoms with E-state index in [1.165, 1.54) is 19.2 Å². The van der Waals surface area contributed by atoms with Gasteiger partial charge in [0.05, 0.1) is 23.9 Å². The molecule has 0 bridgehead atoms. The standard InChI is InChI=1S/C19H21N3O7/c1-19(2,3)29-18(27)20-9-5-7-11(28-4)14-13(9)16(25)22(17(14)26)10-6-8-12(23)21-15(10)24/h5,7,10H,6,8H2,1-4H3,(H,20,27)(H,21,23,24). The number of fused-ring (bicyclic) bond motifs is 1. The Labute approximate surface area is 166 Å². The fourth-order valence-corrected chi connectivity index (χ4v) is 3.25. The number of nitrogens with one attached hydrogen (secondary N) is 2. The minimum absolute atomic E-state index is 0.00393. The summed E-state index contributed by atoms with van der Waals surface area (Å²) >= 11 is 0. The zero-order valence-electron chi connectivity index (χ0n) is 16.5. The molecule has 10 heteroatoms. The molecule has 1 fully saturated rings. The van der Waals surface area contributed by atoms with Gasteiger partial charge in [-0.25, -0.2) is 4.79 Å². The van der Waals surface area contributed by atoms with E-state index in [0.717, 1.165) is 4.90 Å². The number of carbonyl (C=O) groups excluding carboxylic acids is 5. The van der Waals surface area contributed by atoms with E-state index in [0.29, 0.717) is 0 Å². The number of nitrogens with zero attached hydrogens (tertiary/aromatic N) is 1. The van der Waals surface area contributed by atoms with Crippen LogP contribution in [0.2, 0.25) is 0 Å². The zero-order valence-corrected chi connectivity index (χ0v) is 16.5. The molecular weight excluding hydrogens is 382 g/mol. The quantitative estimate of drug-likeness (QED) is 0.730. The fraction of sp³-hybridized carbons (Fsp3) is 0.421. The van der Waals surface area contributed by atoms with Crippen molar-refractivity contribution in [3.63, 3.8) is 0 Å². The molecule has 2 aliphatic heterocycles. The maximum atomic E-state index is 13.1. The van der Waals surface area contributed by atoms with Crippen LogP contribution in [0.3, 0.4) is 0 Å². The van der Waals surface area contributed by atoms with Gasteiger partial charge in [-0.3, -0.25) is 34.7 Å². The van der Waals surface area contributed by atoms with E-state index in [9.17, 15) is 24.0 Å². The highest BCUT2D eigenvalue weighted by atomic mass is 16.6. The molecule has 5 amide bonds. The molecule has 29 heavy (non-hydrogen) atoms. The van der Waals surface area contributed by atoms with Gasteiger partial charge in [-0.1, -0.05) is 0 Å². The summed E-state index contributed by atoms with van der Waals surface area (Å²) in [6.45, 7) is 5.05. The van der Waals surface area contributed by atoms with Crippen molar-refractivity contribution in [2.24, 2.45) is 0 Å². The van der Waals surface area contributed by atoms with Gasteiger partial charge in [0.2, 0.25) is 11.8 Å². The summed E-state index contributed by atoms with van der Waals surface area (Å²) in [5, 5.41) is 4.60. The molecule has 0 saturated carbocycles. The number of ether oxygens (including phenoxy) is 2. The Hall–Kier alpha value is -3.43. The smallest absolute Gasteiger partial charge is 0.412 e. The van der Waals surface area contributed by atoms with Crippen molar-refractivity contribution in [1.82, 2.24) is 10.2 Å². The summed E-state index contributed by atoms with van der Waals surface area (Å²) in [5.74, 6) is -2.55. The van der Waals surface area contributed by atoms with E-state index in [2.05, 4.69) is 10.6 Å². The first-order valence-corrected chi connectivity index (χ1v) is 8.96. The maximum absolute atomic E-state index is 13.1. The topological polar surface area (TPSA) is 131 Å². The highest BCUT2D eigenvalue weighted by Crippen LogP contribution is 2.38. The Morgan fingerprint density at radius 2 is 1.79 bits per heavy atom. The monoisotopic (exact) mass is 403 g/mol. The molecule has 0 aliphatic carbocycles. The third-order valence-corrected chi connectivity index (χ3v) is 4.41. The van der Waals surface area contributed by atoms with Gasteiger partial charge >= 0.3 is 6.09 Å². The summed E-state index contributed by atoms with van der Waals surface area (Å²) < 4.78 is 10.4. The summed E-state index contributed by atoms with van der Waals surface area (Å²) in [6, 6.07) is 1.73. The van der Waals surface area contributed by atoms with Crippen molar-refractivity contribution in [2.45, 2.75) is 45.3 Å². The summed E-state index contributed by atoms with van der Waals surface area (Å²) in [6.07, 6.45) is -0.776. The molecule has 1 atom stereocenters. The van der Waals surface area contributed by atoms with Crippen LogP contribution >= 0.6 is 0 Å². The predicted molar refractivity (Wildman–Crippen MR) is 99.5 cm³/mol. The van der Waals surface area contributed by atoms with Crippen molar-refractivity contribution in [1.29, 1.82) is 0 Å². The first-order valence-electron chi connectivity index (χ1n) is 8.96. The van der Waals surface area contributed by atoms with E-state index in [1.807, 2.05) is 0 Å². The highest BCUT2D eigenvalue weighted by molar-refractivity contribution is 6.27. The van der Waals surface area contributed by atoms with Crippen molar-refractivity contribution < 1.29 is 33.4 Å². The third kappa shape index (κ3) is 3.78. The Morgan fingerprint density at radius 3 is 2.38 bits per heavy atom. The van der Waals surface area contributed by atoms with Gasteiger partial charge in [0.15, 0.2) is 0 Å². The van der Waals surface area contributed by atoms with Crippen molar-refractivity contribution in [3.05, 3.63) is 23.3 Å². The average molecular weight is 403 g/mol. The van der Waals surface area contributed by atoms with Gasteiger partial charge in [0.1, 0.15) is 17.4 Å². The van der Waals surface area contributed by atoms with E-state index in [-0.39, 0.29) is 35.4 Å². The molecular formula is C19H21N3O7. The van der Waals surface area contributed by atoms with Gasteiger partial charge in [0, 0.05) is 6.42 Å². The van der Waals surface area contributed by atoms with Gasteiger partial charge in [-0.05, 0) is 39.3 Å². The predicted octanol–water partition coefficient (Wildman–Crippen LogP) is 1.44. The number of carbonyl (C=O) groups is 5. The fourth-order valence-electron chi connectivity index (χ4n) is 3.25. The molecule has 0 radical (unpaired) electrons. The van der Waals surface area contributed by atoms with Crippen molar-refractivity contribution in [2.75, 3.05) is 12.4 Å². The van der Waals surface area contributed by atoms with Crippen molar-refractivity contribution >= 4 is 35.4 Å². The molecule has 2 aliphatic rings. The Bertz CT molecular complexity index is 932. The minimum Gasteiger partial charge on any atom is -0.496 e. The van der Waals surface area contributed by atoms with E-state index in [4.69, 9.17) is 9.47 Å². The molecule has 0 aromatic heterocycles. The molecule has 1 aromatic rings. The third-order valence-electron chi connectivity index (χ3n) is 4.41. The molecule has 1 saturated heterocycles. The highest BCUT2D eigenvalue weighted by Gasteiger charge is 2.47. The molecule has 2 N–H and O–H groups in total. The summed E-state index contributed by atoms with van der Waals surface area (Å²) in [5.41, 5.74) is -0.859. The second kappa shape index (κ2) is 7.19. The first-order chi connectivity index (χ1) is 13.5. The Balaban J connectivity index is 1.99. The number of imide groups is 2. The molecule has 3 rings (SSSR count). The van der Waals surface area contributed by atoms with Crippen LogP contribution < -0.4 is 15.4 Å². The van der Waals surface area contributed by atoms with Crippen LogP contribution in [0.5, 0.6) is 5.75 Å². The molecule has 1 unspecified atom stereocenters. The number of piperidine rings is 1. The van der Waals surface area contributed by atoms with Crippen LogP contribution in [0.25, 0.3) is 0 Å². The molecule has 10 nitrogen and oxygen atoms in total. The van der Waals surface area contributed by atoms with E-state index in [1.54, 1.807) is 20.8 Å². The Kier molecular flexibility index (Phi) is 5.04. The van der Waals surface area contributed by atoms with Crippen LogP contribution in [0.4, 0.5) is 10.5 Å². The van der Waals surface area contributed by atoms with E-state index < -0.39 is 41.4 Å². The normalized spacial score (nSPS) is 19.0. The van der Waals surface area contributed by atoms with Gasteiger partial charge in [-0.2, -0.15) is 0 Å². The summed E-state index contributed by atoms with van der Waals surface area (Å²) in [7, 11) is 1.34. The molecule has 0 spiro atoms. The lowest BCUT2D eigenvalue weighted by molar-refractivity contribution is -0.136. The number of benzene rings is 1. The summed E-state index contributed by atoms with van der Waals surface area (Å²) in [4.78, 5) is 62.7. The molecule has 154 valence electrons. The zero-order chi connectivity index (χ0) is 21.5. The maximum Gasteiger partial charge on any atom is 0.412 e. The van der Waals surface area contributed by atoms with Crippen LogP contribution in [-0.4, -0.2) is 53.4 Å². The Morgan fingerprint density at radius 1 is 1.14 bits per heavy atom. The lowest BCUT2D eigenvalue weighted by Crippen LogP contribution is -2.54. The number of anilines is 1. The first kappa shape index (κ1) is 20.3. The number of rotatable bonds is 3. The molecule has 1 aromatic carbocycles. The number of amides is 5. The average Bonchev–Trinajstić information content (AvgIpc) is 2.86. The second-order valence-electron chi connectivity index (χ2n) is 7.64. The SMILES string of the molecule is COc1ccc(NC(=O)OC(C)(C)C)c2c1C(=O)N(C1CCC(=O)NC1=O)C2=O. The van der Waals surface area contributed by atoms with Crippen LogP contribution in [0, 0.1) is 0 Å². The largest absolute Gasteiger partial charge is 0.496 e. The lowest BCUT2D eigenvalue weighted by atomic mass is 10.0. The van der Waals surface area contributed by atoms with Crippen molar-refractivity contribution in [3.8, 4) is 5.75 Å². The lowest BCUT2D eigenvalue weighted by Gasteiger charge is -2.27. The number of hydrogen-bond donors (Lipinski definition) is 2. The van der Waals surface area contributed by atoms with Gasteiger partial charge in [0.25, 0.3) is 11.8 Å². The molecule has 2 heterocycles. The van der Waals surface area contributed by atoms with Crippen LogP contribution in [0.1, 0.15) is 54.3 Å². The minimum atomic E-state index is -1.13. The van der Waals surface area contributed by atoms with Crippen LogP contribution in [0.15, 0.2) is 12.1 Å². The van der Waals surface area contributed by atoms with Crippen LogP contribution in [-0.2, 0) is 14.3 Å². The van der Waals surface area contributed by atoms with Gasteiger partial charge < -0.3 is 9.47 Å². The number of hydrogen-bond acceptors (Lipinski definition) is 7. The van der Waals surface area contributed by atoms with E-state index >= 15 is 0 Å².